The van der Waals surface area contributed by atoms with Crippen LogP contribution < -0.4 is 0 Å². The second kappa shape index (κ2) is 9.24. The van der Waals surface area contributed by atoms with Crippen LogP contribution in [0.15, 0.2) is 48.5 Å². The van der Waals surface area contributed by atoms with Crippen LogP contribution in [0.3, 0.4) is 0 Å². The van der Waals surface area contributed by atoms with Crippen LogP contribution in [0.2, 0.25) is 0 Å². The molecule has 3 aromatic carbocycles. The van der Waals surface area contributed by atoms with Gasteiger partial charge in [0.15, 0.2) is 12.4 Å². The number of Topliss-reactive ketones (excluding diaryl/α,β-unsaturated/α-hetero) is 1. The Morgan fingerprint density at radius 2 is 1.49 bits per heavy atom. The molecule has 1 aliphatic heterocycles. The third kappa shape index (κ3) is 4.16. The average molecular weight is 501 g/mol. The van der Waals surface area contributed by atoms with Gasteiger partial charge in [-0.2, -0.15) is 0 Å². The Morgan fingerprint density at radius 1 is 0.919 bits per heavy atom. The van der Waals surface area contributed by atoms with Gasteiger partial charge in [-0.3, -0.25) is 29.4 Å². The van der Waals surface area contributed by atoms with Gasteiger partial charge in [0.1, 0.15) is 6.04 Å². The Morgan fingerprint density at radius 3 is 2.00 bits per heavy atom. The van der Waals surface area contributed by atoms with Crippen LogP contribution in [0.5, 0.6) is 0 Å². The highest BCUT2D eigenvalue weighted by molar-refractivity contribution is 6.27. The van der Waals surface area contributed by atoms with Crippen molar-refractivity contribution in [1.29, 1.82) is 0 Å². The smallest absolute Gasteiger partial charge is 0.329 e. The van der Waals surface area contributed by atoms with Gasteiger partial charge in [0, 0.05) is 34.2 Å². The van der Waals surface area contributed by atoms with Crippen LogP contribution >= 0.6 is 0 Å². The van der Waals surface area contributed by atoms with E-state index in [9.17, 15) is 29.3 Å². The van der Waals surface area contributed by atoms with Crippen LogP contribution in [0.25, 0.3) is 10.8 Å². The molecule has 0 saturated heterocycles. The lowest BCUT2D eigenvalue weighted by Crippen LogP contribution is -2.51. The van der Waals surface area contributed by atoms with Crippen LogP contribution in [0.4, 0.5) is 5.69 Å². The molecule has 5 rings (SSSR count). The van der Waals surface area contributed by atoms with Crippen LogP contribution in [0, 0.1) is 16.0 Å². The summed E-state index contributed by atoms with van der Waals surface area (Å²) in [6, 6.07) is 11.0. The second-order valence-corrected chi connectivity index (χ2v) is 9.76. The van der Waals surface area contributed by atoms with Gasteiger partial charge >= 0.3 is 5.97 Å². The number of nitrogens with zero attached hydrogens (tertiary/aromatic N) is 2. The first-order valence-corrected chi connectivity index (χ1v) is 12.1. The van der Waals surface area contributed by atoms with E-state index in [-0.39, 0.29) is 23.6 Å². The molecule has 2 amide bonds. The molecule has 0 radical (unpaired) electrons. The van der Waals surface area contributed by atoms with E-state index < -0.39 is 41.1 Å². The first-order valence-electron chi connectivity index (χ1n) is 12.1. The molecule has 2 aliphatic rings. The summed E-state index contributed by atoms with van der Waals surface area (Å²) in [6.45, 7) is 3.09. The fraction of sp³-hybridized carbons (Fsp3) is 0.286. The number of benzene rings is 3. The number of ether oxygens (including phenoxy) is 1. The Kier molecular flexibility index (Phi) is 6.07. The van der Waals surface area contributed by atoms with Crippen molar-refractivity contribution in [3.8, 4) is 0 Å². The van der Waals surface area contributed by atoms with E-state index in [0.29, 0.717) is 16.5 Å². The molecule has 0 aromatic heterocycles. The highest BCUT2D eigenvalue weighted by atomic mass is 16.6. The highest BCUT2D eigenvalue weighted by Crippen LogP contribution is 2.39. The first-order chi connectivity index (χ1) is 17.7. The lowest BCUT2D eigenvalue weighted by atomic mass is 9.89. The lowest BCUT2D eigenvalue weighted by molar-refractivity contribution is -0.384. The number of imide groups is 1. The number of non-ortho nitro benzene ring substituents is 1. The van der Waals surface area contributed by atoms with E-state index >= 15 is 0 Å². The zero-order valence-corrected chi connectivity index (χ0v) is 20.4. The quantitative estimate of drug-likeness (QED) is 0.149. The molecular formula is C28H24N2O7. The standard InChI is InChI=1S/C28H24N2O7/c1-15(2)13-22(28(34)37-14-23(31)16-5-9-19(10-6-16)30(35)36)29-26(32)20-11-7-17-3-4-18-8-12-21(27(29)33)25(20)24(17)18/h5-12,15,22H,3-4,13-14H2,1-2H3/t22-/m0/s1. The number of nitro groups is 1. The number of ketones is 1. The predicted octanol–water partition coefficient (Wildman–Crippen LogP) is 4.28. The van der Waals surface area contributed by atoms with Gasteiger partial charge < -0.3 is 4.74 Å². The van der Waals surface area contributed by atoms with Gasteiger partial charge in [0.25, 0.3) is 17.5 Å². The van der Waals surface area contributed by atoms with Crippen molar-refractivity contribution in [3.05, 3.63) is 86.5 Å². The van der Waals surface area contributed by atoms with E-state index in [0.717, 1.165) is 34.3 Å². The molecule has 0 saturated carbocycles. The first kappa shape index (κ1) is 24.3. The third-order valence-corrected chi connectivity index (χ3v) is 6.92. The average Bonchev–Trinajstić information content (AvgIpc) is 3.31. The van der Waals surface area contributed by atoms with Crippen molar-refractivity contribution >= 4 is 40.0 Å². The zero-order valence-electron chi connectivity index (χ0n) is 20.4. The Bertz CT molecular complexity index is 1430. The normalized spacial score (nSPS) is 14.8. The van der Waals surface area contributed by atoms with Gasteiger partial charge in [-0.15, -0.1) is 0 Å². The molecule has 0 spiro atoms. The van der Waals surface area contributed by atoms with E-state index in [1.165, 1.54) is 24.3 Å². The van der Waals surface area contributed by atoms with Crippen molar-refractivity contribution in [2.45, 2.75) is 39.2 Å². The monoisotopic (exact) mass is 500 g/mol. The maximum atomic E-state index is 13.6. The fourth-order valence-electron chi connectivity index (χ4n) is 5.16. The number of rotatable bonds is 8. The molecule has 1 aliphatic carbocycles. The van der Waals surface area contributed by atoms with Crippen molar-refractivity contribution in [2.24, 2.45) is 5.92 Å². The topological polar surface area (TPSA) is 124 Å². The van der Waals surface area contributed by atoms with E-state index in [1.807, 2.05) is 26.0 Å². The van der Waals surface area contributed by atoms with Crippen molar-refractivity contribution in [2.75, 3.05) is 6.61 Å². The molecule has 0 bridgehead atoms. The third-order valence-electron chi connectivity index (χ3n) is 6.92. The second-order valence-electron chi connectivity index (χ2n) is 9.76. The summed E-state index contributed by atoms with van der Waals surface area (Å²) in [5.41, 5.74) is 2.93. The minimum Gasteiger partial charge on any atom is -0.456 e. The van der Waals surface area contributed by atoms with Gasteiger partial charge in [-0.25, -0.2) is 4.79 Å². The summed E-state index contributed by atoms with van der Waals surface area (Å²) in [5, 5.41) is 12.4. The summed E-state index contributed by atoms with van der Waals surface area (Å²) in [6.07, 6.45) is 1.87. The van der Waals surface area contributed by atoms with Crippen molar-refractivity contribution in [1.82, 2.24) is 4.90 Å². The largest absolute Gasteiger partial charge is 0.456 e. The van der Waals surface area contributed by atoms with Crippen LogP contribution in [0.1, 0.15) is 62.5 Å². The number of esters is 1. The van der Waals surface area contributed by atoms with E-state index in [2.05, 4.69) is 0 Å². The molecule has 9 nitrogen and oxygen atoms in total. The van der Waals surface area contributed by atoms with Gasteiger partial charge in [0.05, 0.1) is 4.92 Å². The molecule has 1 heterocycles. The minimum absolute atomic E-state index is 0.0585. The molecule has 37 heavy (non-hydrogen) atoms. The number of hydrogen-bond donors (Lipinski definition) is 0. The predicted molar refractivity (Wildman–Crippen MR) is 133 cm³/mol. The molecule has 0 unspecified atom stereocenters. The number of amides is 2. The Labute approximate surface area is 212 Å². The molecule has 9 heteroatoms. The summed E-state index contributed by atoms with van der Waals surface area (Å²) in [4.78, 5) is 64.2. The summed E-state index contributed by atoms with van der Waals surface area (Å²) < 4.78 is 5.29. The zero-order chi connectivity index (χ0) is 26.4. The number of carbonyl (C=O) groups excluding carboxylic acids is 4. The number of hydrogen-bond acceptors (Lipinski definition) is 7. The Hall–Kier alpha value is -4.40. The SMILES string of the molecule is CC(C)C[C@@H](C(=O)OCC(=O)c1ccc([N+](=O)[O-])cc1)N1C(=O)c2ccc3c4c(ccc(c24)C1=O)CC3. The maximum absolute atomic E-state index is 13.6. The molecule has 1 atom stereocenters. The summed E-state index contributed by atoms with van der Waals surface area (Å²) in [7, 11) is 0. The molecule has 188 valence electrons. The van der Waals surface area contributed by atoms with E-state index in [4.69, 9.17) is 4.74 Å². The van der Waals surface area contributed by atoms with Gasteiger partial charge in [0.2, 0.25) is 0 Å². The lowest BCUT2D eigenvalue weighted by Gasteiger charge is -2.33. The Balaban J connectivity index is 1.41. The van der Waals surface area contributed by atoms with E-state index in [1.54, 1.807) is 12.1 Å². The maximum Gasteiger partial charge on any atom is 0.329 e. The van der Waals surface area contributed by atoms with Crippen LogP contribution in [-0.4, -0.2) is 46.0 Å². The number of carbonyl (C=O) groups is 4. The fourth-order valence-corrected chi connectivity index (χ4v) is 5.16. The van der Waals surface area contributed by atoms with Crippen molar-refractivity contribution < 1.29 is 28.8 Å². The highest BCUT2D eigenvalue weighted by Gasteiger charge is 2.42. The molecular weight excluding hydrogens is 476 g/mol. The van der Waals surface area contributed by atoms with Gasteiger partial charge in [-0.1, -0.05) is 26.0 Å². The number of aryl methyl sites for hydroxylation is 2. The minimum atomic E-state index is -1.21. The summed E-state index contributed by atoms with van der Waals surface area (Å²) >= 11 is 0. The number of nitro benzene ring substituents is 1. The molecule has 0 N–H and O–H groups in total. The molecule has 3 aromatic rings. The summed E-state index contributed by atoms with van der Waals surface area (Å²) in [5.74, 6) is -2.59. The van der Waals surface area contributed by atoms with Crippen LogP contribution in [-0.2, 0) is 22.4 Å². The molecule has 0 fully saturated rings. The van der Waals surface area contributed by atoms with Gasteiger partial charge in [-0.05, 0) is 66.0 Å². The van der Waals surface area contributed by atoms with Crippen molar-refractivity contribution in [3.63, 3.8) is 0 Å².